The Morgan fingerprint density at radius 1 is 1.27 bits per heavy atom. The summed E-state index contributed by atoms with van der Waals surface area (Å²) >= 11 is 1.66. The summed E-state index contributed by atoms with van der Waals surface area (Å²) in [5.74, 6) is 0. The largest absolute Gasteiger partial charge is 0.0831 e. The fraction of sp³-hybridized carbons (Fsp3) is 0.385. The molecule has 0 aliphatic carbocycles. The van der Waals surface area contributed by atoms with Crippen LogP contribution in [0.15, 0.2) is 18.2 Å². The first-order valence-corrected chi connectivity index (χ1v) is 9.69. The van der Waals surface area contributed by atoms with E-state index in [-0.39, 0.29) is 0 Å². The molecule has 0 spiro atoms. The molecule has 0 amide bonds. The van der Waals surface area contributed by atoms with Crippen molar-refractivity contribution in [2.45, 2.75) is 32.1 Å². The quantitative estimate of drug-likeness (QED) is 0.670. The average Bonchev–Trinajstić information content (AvgIpc) is 2.61. The predicted octanol–water partition coefficient (Wildman–Crippen LogP) is 4.48. The van der Waals surface area contributed by atoms with Crippen LogP contribution in [0.4, 0.5) is 0 Å². The van der Waals surface area contributed by atoms with Gasteiger partial charge in [-0.2, -0.15) is 0 Å². The SMILES string of the molecule is CC(c1ccc2c#csc2c1)[Si](C)(C)C. The number of fused-ring (bicyclic) bond motifs is 1. The first kappa shape index (κ1) is 10.7. The number of hydrogen-bond donors (Lipinski definition) is 0. The normalized spacial score (nSPS) is 13.9. The Bertz CT molecular complexity index is 465. The Balaban J connectivity index is 2.44. The van der Waals surface area contributed by atoms with Crippen molar-refractivity contribution >= 4 is 29.5 Å². The standard InChI is InChI=1S/C13H16SSi/c1-10(15(2,3)4)12-6-5-11-7-8-14-13(11)9-12/h5-6,9-10H,1-4H3. The Labute approximate surface area is 97.0 Å². The van der Waals surface area contributed by atoms with Crippen LogP contribution in [0.25, 0.3) is 10.1 Å². The van der Waals surface area contributed by atoms with Crippen molar-refractivity contribution in [2.75, 3.05) is 0 Å². The van der Waals surface area contributed by atoms with Crippen molar-refractivity contribution in [2.24, 2.45) is 0 Å². The lowest BCUT2D eigenvalue weighted by molar-refractivity contribution is 1.02. The first-order valence-electron chi connectivity index (χ1n) is 5.30. The average molecular weight is 232 g/mol. The van der Waals surface area contributed by atoms with Gasteiger partial charge in [0.25, 0.3) is 0 Å². The molecule has 1 aromatic heterocycles. The highest BCUT2D eigenvalue weighted by molar-refractivity contribution is 7.16. The molecule has 0 saturated carbocycles. The summed E-state index contributed by atoms with van der Waals surface area (Å²) in [6, 6.07) is 9.87. The van der Waals surface area contributed by atoms with E-state index in [1.807, 2.05) is 0 Å². The molecule has 0 aliphatic rings. The molecule has 0 radical (unpaired) electrons. The summed E-state index contributed by atoms with van der Waals surface area (Å²) in [4.78, 5) is 0. The summed E-state index contributed by atoms with van der Waals surface area (Å²) in [7, 11) is -1.08. The van der Waals surface area contributed by atoms with E-state index in [0.717, 1.165) is 0 Å². The Morgan fingerprint density at radius 3 is 2.67 bits per heavy atom. The second kappa shape index (κ2) is 3.66. The number of hydrogen-bond acceptors (Lipinski definition) is 1. The van der Waals surface area contributed by atoms with Crippen LogP contribution in [0.1, 0.15) is 18.0 Å². The lowest BCUT2D eigenvalue weighted by Crippen LogP contribution is -2.28. The van der Waals surface area contributed by atoms with Gasteiger partial charge >= 0.3 is 0 Å². The van der Waals surface area contributed by atoms with Gasteiger partial charge in [0, 0.05) is 5.39 Å². The predicted molar refractivity (Wildman–Crippen MR) is 71.3 cm³/mol. The summed E-state index contributed by atoms with van der Waals surface area (Å²) in [6.07, 6.45) is 0. The molecule has 1 heterocycles. The lowest BCUT2D eigenvalue weighted by atomic mass is 10.1. The smallest absolute Gasteiger partial charge is 0.0520 e. The van der Waals surface area contributed by atoms with Crippen molar-refractivity contribution in [3.8, 4) is 0 Å². The van der Waals surface area contributed by atoms with Crippen molar-refractivity contribution in [3.63, 3.8) is 0 Å². The van der Waals surface area contributed by atoms with Gasteiger partial charge in [-0.15, -0.1) is 0 Å². The molecule has 1 unspecified atom stereocenters. The summed E-state index contributed by atoms with van der Waals surface area (Å²) < 4.78 is 1.32. The van der Waals surface area contributed by atoms with E-state index >= 15 is 0 Å². The van der Waals surface area contributed by atoms with Gasteiger partial charge < -0.3 is 0 Å². The van der Waals surface area contributed by atoms with Crippen LogP contribution in [-0.4, -0.2) is 8.07 Å². The van der Waals surface area contributed by atoms with Gasteiger partial charge in [0.1, 0.15) is 0 Å². The highest BCUT2D eigenvalue weighted by Crippen LogP contribution is 2.29. The molecule has 0 bridgehead atoms. The maximum absolute atomic E-state index is 3.13. The summed E-state index contributed by atoms with van der Waals surface area (Å²) in [5.41, 5.74) is 2.19. The maximum Gasteiger partial charge on any atom is 0.0520 e. The molecule has 1 atom stereocenters. The van der Waals surface area contributed by atoms with Gasteiger partial charge in [0.15, 0.2) is 0 Å². The molecule has 78 valence electrons. The lowest BCUT2D eigenvalue weighted by Gasteiger charge is -2.25. The summed E-state index contributed by atoms with van der Waals surface area (Å²) in [5, 5.41) is 4.27. The molecule has 0 nitrogen and oxygen atoms in total. The zero-order valence-corrected chi connectivity index (χ0v) is 11.5. The minimum atomic E-state index is -1.08. The minimum absolute atomic E-state index is 0.712. The molecule has 2 rings (SSSR count). The van der Waals surface area contributed by atoms with Crippen LogP contribution in [0.3, 0.4) is 0 Å². The van der Waals surface area contributed by atoms with E-state index in [9.17, 15) is 0 Å². The van der Waals surface area contributed by atoms with E-state index in [1.165, 1.54) is 15.6 Å². The van der Waals surface area contributed by atoms with Gasteiger partial charge in [0.05, 0.1) is 12.8 Å². The van der Waals surface area contributed by atoms with Crippen molar-refractivity contribution in [3.05, 3.63) is 35.2 Å². The van der Waals surface area contributed by atoms with E-state index in [1.54, 1.807) is 11.3 Å². The number of benzene rings is 1. The van der Waals surface area contributed by atoms with E-state index in [4.69, 9.17) is 0 Å². The monoisotopic (exact) mass is 232 g/mol. The van der Waals surface area contributed by atoms with Crippen LogP contribution < -0.4 is 0 Å². The first-order chi connectivity index (χ1) is 6.98. The van der Waals surface area contributed by atoms with E-state index < -0.39 is 8.07 Å². The van der Waals surface area contributed by atoms with Crippen LogP contribution in [-0.2, 0) is 0 Å². The van der Waals surface area contributed by atoms with Gasteiger partial charge in [-0.3, -0.25) is 0 Å². The van der Waals surface area contributed by atoms with Crippen LogP contribution >= 0.6 is 11.3 Å². The van der Waals surface area contributed by atoms with Crippen LogP contribution in [0.5, 0.6) is 0 Å². The fourth-order valence-corrected chi connectivity index (χ4v) is 3.51. The maximum atomic E-state index is 3.13. The van der Waals surface area contributed by atoms with Gasteiger partial charge in [0.2, 0.25) is 0 Å². The molecular formula is C13H16SSi. The van der Waals surface area contributed by atoms with Crippen molar-refractivity contribution in [1.29, 1.82) is 0 Å². The zero-order chi connectivity index (χ0) is 11.1. The Kier molecular flexibility index (Phi) is 2.62. The minimum Gasteiger partial charge on any atom is -0.0831 e. The number of rotatable bonds is 2. The Morgan fingerprint density at radius 2 is 2.00 bits per heavy atom. The van der Waals surface area contributed by atoms with Crippen molar-refractivity contribution < 1.29 is 0 Å². The van der Waals surface area contributed by atoms with E-state index in [2.05, 4.69) is 56.2 Å². The molecule has 15 heavy (non-hydrogen) atoms. The second-order valence-electron chi connectivity index (χ2n) is 5.17. The second-order valence-corrected chi connectivity index (χ2v) is 11.6. The summed E-state index contributed by atoms with van der Waals surface area (Å²) in [6.45, 7) is 9.63. The molecule has 0 saturated heterocycles. The molecular weight excluding hydrogens is 216 g/mol. The molecule has 0 N–H and O–H groups in total. The topological polar surface area (TPSA) is 0 Å². The van der Waals surface area contributed by atoms with Gasteiger partial charge in [-0.1, -0.05) is 44.0 Å². The highest BCUT2D eigenvalue weighted by atomic mass is 32.1. The Hall–Kier alpha value is -0.783. The van der Waals surface area contributed by atoms with Crippen LogP contribution in [0.2, 0.25) is 19.6 Å². The third-order valence-corrected chi connectivity index (χ3v) is 6.84. The zero-order valence-electron chi connectivity index (χ0n) is 9.72. The fourth-order valence-electron chi connectivity index (χ4n) is 1.63. The van der Waals surface area contributed by atoms with Crippen molar-refractivity contribution in [1.82, 2.24) is 0 Å². The molecule has 2 aromatic rings. The van der Waals surface area contributed by atoms with Crippen LogP contribution in [0, 0.1) is 11.4 Å². The van der Waals surface area contributed by atoms with Gasteiger partial charge in [-0.25, -0.2) is 0 Å². The molecule has 0 aliphatic heterocycles. The highest BCUT2D eigenvalue weighted by Gasteiger charge is 2.23. The van der Waals surface area contributed by atoms with E-state index in [0.29, 0.717) is 5.54 Å². The third kappa shape index (κ3) is 2.09. The molecule has 1 aromatic carbocycles. The molecule has 0 fully saturated rings. The molecule has 2 heteroatoms. The third-order valence-electron chi connectivity index (χ3n) is 3.15. The van der Waals surface area contributed by atoms with Gasteiger partial charge in [-0.05, 0) is 34.7 Å².